The second-order valence-corrected chi connectivity index (χ2v) is 6.04. The first kappa shape index (κ1) is 22.0. The summed E-state index contributed by atoms with van der Waals surface area (Å²) in [7, 11) is 3.71. The molecule has 2 rings (SSSR count). The van der Waals surface area contributed by atoms with Crippen molar-refractivity contribution in [3.8, 4) is 5.75 Å². The molecule has 0 bridgehead atoms. The van der Waals surface area contributed by atoms with Gasteiger partial charge in [-0.25, -0.2) is 4.39 Å². The Hall–Kier alpha value is -1.09. The van der Waals surface area contributed by atoms with Gasteiger partial charge in [-0.05, 0) is 43.4 Å². The largest absolute Gasteiger partial charge is 0.491 e. The molecule has 0 atom stereocenters. The van der Waals surface area contributed by atoms with Gasteiger partial charge in [0.25, 0.3) is 0 Å². The Morgan fingerprint density at radius 3 is 2.76 bits per heavy atom. The fourth-order valence-corrected chi connectivity index (χ4v) is 2.33. The number of hydrogen-bond donors (Lipinski definition) is 1. The van der Waals surface area contributed by atoms with Crippen molar-refractivity contribution in [2.75, 3.05) is 40.5 Å². The van der Waals surface area contributed by atoms with E-state index in [-0.39, 0.29) is 35.5 Å². The van der Waals surface area contributed by atoms with Gasteiger partial charge in [-0.1, -0.05) is 6.07 Å². The average Bonchev–Trinajstić information content (AvgIpc) is 3.39. The molecule has 25 heavy (non-hydrogen) atoms. The Kier molecular flexibility index (Phi) is 10.1. The Morgan fingerprint density at radius 1 is 1.40 bits per heavy atom. The van der Waals surface area contributed by atoms with Crippen LogP contribution in [0.4, 0.5) is 4.39 Å². The first-order valence-electron chi connectivity index (χ1n) is 8.54. The van der Waals surface area contributed by atoms with Crippen LogP contribution < -0.4 is 10.1 Å². The Labute approximate surface area is 167 Å². The molecule has 0 aliphatic heterocycles. The molecular weight excluding hydrogens is 436 g/mol. The van der Waals surface area contributed by atoms with Crippen molar-refractivity contribution in [1.29, 1.82) is 0 Å². The normalized spacial score (nSPS) is 14.0. The van der Waals surface area contributed by atoms with Gasteiger partial charge in [0, 0.05) is 33.8 Å². The molecule has 0 amide bonds. The summed E-state index contributed by atoms with van der Waals surface area (Å²) in [5, 5.41) is 3.24. The first-order chi connectivity index (χ1) is 11.6. The maximum atomic E-state index is 13.9. The molecule has 1 aliphatic rings. The van der Waals surface area contributed by atoms with Gasteiger partial charge in [-0.2, -0.15) is 0 Å². The zero-order valence-corrected chi connectivity index (χ0v) is 17.6. The molecular formula is C18H29FIN3O2. The van der Waals surface area contributed by atoms with Crippen LogP contribution in [0, 0.1) is 11.7 Å². The monoisotopic (exact) mass is 465 g/mol. The smallest absolute Gasteiger partial charge is 0.193 e. The predicted octanol–water partition coefficient (Wildman–Crippen LogP) is 3.28. The van der Waals surface area contributed by atoms with Crippen LogP contribution in [0.2, 0.25) is 0 Å². The number of rotatable bonds is 9. The van der Waals surface area contributed by atoms with Crippen molar-refractivity contribution in [1.82, 2.24) is 10.2 Å². The second-order valence-electron chi connectivity index (χ2n) is 6.04. The van der Waals surface area contributed by atoms with Crippen LogP contribution in [0.15, 0.2) is 23.2 Å². The molecule has 7 heteroatoms. The summed E-state index contributed by atoms with van der Waals surface area (Å²) in [4.78, 5) is 6.27. The molecule has 1 aliphatic carbocycles. The fourth-order valence-electron chi connectivity index (χ4n) is 2.33. The van der Waals surface area contributed by atoms with Crippen molar-refractivity contribution in [3.05, 3.63) is 29.6 Å². The van der Waals surface area contributed by atoms with E-state index in [1.54, 1.807) is 13.1 Å². The zero-order valence-electron chi connectivity index (χ0n) is 15.3. The molecule has 0 spiro atoms. The highest BCUT2D eigenvalue weighted by molar-refractivity contribution is 14.0. The van der Waals surface area contributed by atoms with Gasteiger partial charge in [0.2, 0.25) is 0 Å². The number of hydrogen-bond acceptors (Lipinski definition) is 3. The molecule has 0 unspecified atom stereocenters. The van der Waals surface area contributed by atoms with Crippen LogP contribution in [-0.4, -0.2) is 51.3 Å². The number of guanidine groups is 1. The zero-order chi connectivity index (χ0) is 17.4. The van der Waals surface area contributed by atoms with E-state index in [1.807, 2.05) is 24.9 Å². The van der Waals surface area contributed by atoms with E-state index < -0.39 is 0 Å². The van der Waals surface area contributed by atoms with Crippen LogP contribution in [0.25, 0.3) is 0 Å². The maximum absolute atomic E-state index is 13.9. The van der Waals surface area contributed by atoms with E-state index in [2.05, 4.69) is 10.3 Å². The molecule has 142 valence electrons. The summed E-state index contributed by atoms with van der Waals surface area (Å²) in [5.41, 5.74) is 0.843. The molecule has 5 nitrogen and oxygen atoms in total. The van der Waals surface area contributed by atoms with Gasteiger partial charge in [0.15, 0.2) is 17.5 Å². The number of halogens is 2. The summed E-state index contributed by atoms with van der Waals surface area (Å²) in [6.45, 7) is 5.11. The lowest BCUT2D eigenvalue weighted by molar-refractivity contribution is 0.115. The van der Waals surface area contributed by atoms with E-state index >= 15 is 0 Å². The molecule has 0 aromatic heterocycles. The molecule has 0 saturated heterocycles. The summed E-state index contributed by atoms with van der Waals surface area (Å²) < 4.78 is 24.7. The number of ether oxygens (including phenoxy) is 2. The van der Waals surface area contributed by atoms with Gasteiger partial charge in [0.1, 0.15) is 0 Å². The number of benzene rings is 1. The molecule has 0 heterocycles. The molecule has 0 radical (unpaired) electrons. The van der Waals surface area contributed by atoms with Crippen LogP contribution >= 0.6 is 24.0 Å². The fraction of sp³-hybridized carbons (Fsp3) is 0.611. The SMILES string of the molecule is CCOc1ccc(CNC(=NC)N(C)CCOCC2CC2)cc1F.I. The summed E-state index contributed by atoms with van der Waals surface area (Å²) in [5.74, 6) is 1.49. The first-order valence-corrected chi connectivity index (χ1v) is 8.54. The average molecular weight is 465 g/mol. The minimum atomic E-state index is -0.340. The lowest BCUT2D eigenvalue weighted by atomic mass is 10.2. The Morgan fingerprint density at radius 2 is 2.16 bits per heavy atom. The highest BCUT2D eigenvalue weighted by Gasteiger charge is 2.21. The van der Waals surface area contributed by atoms with Crippen molar-refractivity contribution < 1.29 is 13.9 Å². The number of nitrogens with one attached hydrogen (secondary N) is 1. The van der Waals surface area contributed by atoms with Crippen LogP contribution in [0.1, 0.15) is 25.3 Å². The second kappa shape index (κ2) is 11.5. The van der Waals surface area contributed by atoms with Crippen LogP contribution in [0.5, 0.6) is 5.75 Å². The third kappa shape index (κ3) is 7.77. The van der Waals surface area contributed by atoms with Crippen molar-refractivity contribution in [3.63, 3.8) is 0 Å². The van der Waals surface area contributed by atoms with Gasteiger partial charge in [-0.15, -0.1) is 24.0 Å². The topological polar surface area (TPSA) is 46.1 Å². The highest BCUT2D eigenvalue weighted by Crippen LogP contribution is 2.28. The van der Waals surface area contributed by atoms with Crippen molar-refractivity contribution >= 4 is 29.9 Å². The van der Waals surface area contributed by atoms with E-state index in [4.69, 9.17) is 9.47 Å². The maximum Gasteiger partial charge on any atom is 0.193 e. The molecule has 1 aromatic rings. The number of nitrogens with zero attached hydrogens (tertiary/aromatic N) is 2. The Bertz CT molecular complexity index is 553. The minimum Gasteiger partial charge on any atom is -0.491 e. The lowest BCUT2D eigenvalue weighted by Crippen LogP contribution is -2.40. The number of likely N-dealkylation sites (N-methyl/N-ethyl adjacent to an activating group) is 1. The summed E-state index contributed by atoms with van der Waals surface area (Å²) in [6, 6.07) is 5.01. The molecule has 1 fully saturated rings. The van der Waals surface area contributed by atoms with Crippen molar-refractivity contribution in [2.45, 2.75) is 26.3 Å². The van der Waals surface area contributed by atoms with Gasteiger partial charge >= 0.3 is 0 Å². The van der Waals surface area contributed by atoms with E-state index in [0.717, 1.165) is 30.6 Å². The van der Waals surface area contributed by atoms with E-state index in [9.17, 15) is 4.39 Å². The summed E-state index contributed by atoms with van der Waals surface area (Å²) in [6.07, 6.45) is 2.61. The van der Waals surface area contributed by atoms with Gasteiger partial charge in [-0.3, -0.25) is 4.99 Å². The number of aliphatic imine (C=N–C) groups is 1. The Balaban J connectivity index is 0.00000312. The molecule has 1 N–H and O–H groups in total. The summed E-state index contributed by atoms with van der Waals surface area (Å²) >= 11 is 0. The predicted molar refractivity (Wildman–Crippen MR) is 109 cm³/mol. The van der Waals surface area contributed by atoms with Crippen LogP contribution in [-0.2, 0) is 11.3 Å². The van der Waals surface area contributed by atoms with Gasteiger partial charge < -0.3 is 19.7 Å². The molecule has 1 aromatic carbocycles. The van der Waals surface area contributed by atoms with Gasteiger partial charge in [0.05, 0.1) is 13.2 Å². The minimum absolute atomic E-state index is 0. The molecule has 1 saturated carbocycles. The van der Waals surface area contributed by atoms with Crippen molar-refractivity contribution in [2.24, 2.45) is 10.9 Å². The third-order valence-electron chi connectivity index (χ3n) is 3.94. The quantitative estimate of drug-likeness (QED) is 0.263. The van der Waals surface area contributed by atoms with Crippen LogP contribution in [0.3, 0.4) is 0 Å². The third-order valence-corrected chi connectivity index (χ3v) is 3.94. The lowest BCUT2D eigenvalue weighted by Gasteiger charge is -2.22. The standard InChI is InChI=1S/C18H28FN3O2.HI/c1-4-24-17-8-7-15(11-16(17)19)12-21-18(20-2)22(3)9-10-23-13-14-5-6-14;/h7-8,11,14H,4-6,9-10,12-13H2,1-3H3,(H,20,21);1H. The van der Waals surface area contributed by atoms with E-state index in [1.165, 1.54) is 18.9 Å². The highest BCUT2D eigenvalue weighted by atomic mass is 127. The van der Waals surface area contributed by atoms with E-state index in [0.29, 0.717) is 19.8 Å².